The Kier molecular flexibility index (Phi) is 4.21. The highest BCUT2D eigenvalue weighted by atomic mass is 32.2. The Morgan fingerprint density at radius 1 is 1.03 bits per heavy atom. The molecule has 0 spiro atoms. The third-order valence-electron chi connectivity index (χ3n) is 5.27. The molecule has 4 heterocycles. The lowest BCUT2D eigenvalue weighted by molar-refractivity contribution is -0.115. The van der Waals surface area contributed by atoms with Crippen molar-refractivity contribution in [3.63, 3.8) is 0 Å². The molecule has 1 aromatic carbocycles. The number of rotatable bonds is 3. The van der Waals surface area contributed by atoms with Crippen LogP contribution in [-0.2, 0) is 21.2 Å². The minimum absolute atomic E-state index is 0.113. The molecule has 0 saturated carbocycles. The molecule has 0 unspecified atom stereocenters. The van der Waals surface area contributed by atoms with Gasteiger partial charge in [-0.05, 0) is 42.3 Å². The Labute approximate surface area is 167 Å². The molecule has 2 aliphatic heterocycles. The quantitative estimate of drug-likeness (QED) is 0.666. The van der Waals surface area contributed by atoms with Crippen LogP contribution in [0.15, 0.2) is 41.6 Å². The number of benzene rings is 1. The van der Waals surface area contributed by atoms with E-state index in [9.17, 15) is 13.2 Å². The van der Waals surface area contributed by atoms with Crippen LogP contribution < -0.4 is 10.2 Å². The second kappa shape index (κ2) is 6.78. The zero-order valence-electron chi connectivity index (χ0n) is 15.5. The highest BCUT2D eigenvalue weighted by Crippen LogP contribution is 2.28. The highest BCUT2D eigenvalue weighted by molar-refractivity contribution is 7.89. The van der Waals surface area contributed by atoms with E-state index in [4.69, 9.17) is 0 Å². The average Bonchev–Trinajstić information content (AvgIpc) is 3.23. The van der Waals surface area contributed by atoms with Crippen LogP contribution in [0, 0.1) is 0 Å². The van der Waals surface area contributed by atoms with Gasteiger partial charge in [-0.25, -0.2) is 8.42 Å². The first-order chi connectivity index (χ1) is 14.0. The first-order valence-electron chi connectivity index (χ1n) is 9.36. The highest BCUT2D eigenvalue weighted by Gasteiger charge is 2.29. The van der Waals surface area contributed by atoms with E-state index < -0.39 is 10.0 Å². The number of amides is 1. The molecule has 5 rings (SSSR count). The maximum absolute atomic E-state index is 13.2. The number of sulfonamides is 1. The summed E-state index contributed by atoms with van der Waals surface area (Å²) in [5.74, 6) is 0.649. The van der Waals surface area contributed by atoms with E-state index in [0.29, 0.717) is 43.9 Å². The number of anilines is 2. The third-order valence-corrected chi connectivity index (χ3v) is 7.16. The Morgan fingerprint density at radius 2 is 1.93 bits per heavy atom. The molecule has 2 aliphatic rings. The van der Waals surface area contributed by atoms with Gasteiger partial charge < -0.3 is 10.2 Å². The van der Waals surface area contributed by atoms with Gasteiger partial charge in [0.1, 0.15) is 12.1 Å². The van der Waals surface area contributed by atoms with Crippen LogP contribution in [0.2, 0.25) is 0 Å². The molecule has 0 bridgehead atoms. The van der Waals surface area contributed by atoms with Crippen molar-refractivity contribution in [3.05, 3.63) is 42.2 Å². The fraction of sp³-hybridized carbons (Fsp3) is 0.333. The first-order valence-corrected chi connectivity index (χ1v) is 10.8. The minimum Gasteiger partial charge on any atom is -0.354 e. The third kappa shape index (κ3) is 3.21. The van der Waals surface area contributed by atoms with Crippen LogP contribution in [0.4, 0.5) is 11.5 Å². The summed E-state index contributed by atoms with van der Waals surface area (Å²) >= 11 is 0. The minimum atomic E-state index is -3.63. The van der Waals surface area contributed by atoms with Crippen LogP contribution in [0.25, 0.3) is 5.65 Å². The zero-order valence-corrected chi connectivity index (χ0v) is 16.3. The number of hydrogen-bond acceptors (Lipinski definition) is 7. The van der Waals surface area contributed by atoms with Crippen LogP contribution in [0.3, 0.4) is 0 Å². The van der Waals surface area contributed by atoms with Crippen LogP contribution in [-0.4, -0.2) is 64.6 Å². The standard InChI is InChI=1S/C18H19N7O3S/c26-18-11-13-10-14(2-3-15(13)20-18)29(27,28)24-7-1-6-23(8-9-24)17-5-4-16-21-19-12-25(16)22-17/h2-5,10,12H,1,6-9,11H2,(H,20,26). The molecular formula is C18H19N7O3S. The van der Waals surface area contributed by atoms with Crippen LogP contribution >= 0.6 is 0 Å². The molecule has 0 atom stereocenters. The molecule has 2 aromatic heterocycles. The van der Waals surface area contributed by atoms with E-state index in [0.717, 1.165) is 11.4 Å². The number of fused-ring (bicyclic) bond motifs is 2. The van der Waals surface area contributed by atoms with Crippen molar-refractivity contribution < 1.29 is 13.2 Å². The van der Waals surface area contributed by atoms with Crippen molar-refractivity contribution in [2.45, 2.75) is 17.7 Å². The number of nitrogens with zero attached hydrogens (tertiary/aromatic N) is 6. The van der Waals surface area contributed by atoms with Crippen LogP contribution in [0.5, 0.6) is 0 Å². The fourth-order valence-electron chi connectivity index (χ4n) is 3.77. The lowest BCUT2D eigenvalue weighted by Gasteiger charge is -2.22. The largest absolute Gasteiger partial charge is 0.354 e. The summed E-state index contributed by atoms with van der Waals surface area (Å²) in [6, 6.07) is 8.54. The number of aromatic nitrogens is 4. The van der Waals surface area contributed by atoms with Crippen molar-refractivity contribution in [1.29, 1.82) is 0 Å². The summed E-state index contributed by atoms with van der Waals surface area (Å²) in [6.45, 7) is 2.03. The lowest BCUT2D eigenvalue weighted by atomic mass is 10.2. The summed E-state index contributed by atoms with van der Waals surface area (Å²) in [7, 11) is -3.63. The summed E-state index contributed by atoms with van der Waals surface area (Å²) in [5.41, 5.74) is 2.07. The van der Waals surface area contributed by atoms with Gasteiger partial charge >= 0.3 is 0 Å². The van der Waals surface area contributed by atoms with Crippen molar-refractivity contribution in [1.82, 2.24) is 24.1 Å². The van der Waals surface area contributed by atoms with Gasteiger partial charge in [-0.15, -0.1) is 15.3 Å². The number of carbonyl (C=O) groups excluding carboxylic acids is 1. The number of nitrogens with one attached hydrogen (secondary N) is 1. The molecule has 3 aromatic rings. The first kappa shape index (κ1) is 18.0. The van der Waals surface area contributed by atoms with Crippen molar-refractivity contribution >= 4 is 33.1 Å². The van der Waals surface area contributed by atoms with Gasteiger partial charge in [-0.2, -0.15) is 8.82 Å². The Balaban J connectivity index is 1.36. The van der Waals surface area contributed by atoms with E-state index in [1.807, 2.05) is 12.1 Å². The molecule has 0 aliphatic carbocycles. The van der Waals surface area contributed by atoms with Gasteiger partial charge in [0.15, 0.2) is 5.65 Å². The molecule has 0 radical (unpaired) electrons. The monoisotopic (exact) mass is 413 g/mol. The topological polar surface area (TPSA) is 113 Å². The van der Waals surface area contributed by atoms with Gasteiger partial charge in [-0.3, -0.25) is 4.79 Å². The maximum atomic E-state index is 13.2. The Bertz CT molecular complexity index is 1210. The molecule has 1 N–H and O–H groups in total. The maximum Gasteiger partial charge on any atom is 0.243 e. The van der Waals surface area contributed by atoms with E-state index in [1.54, 1.807) is 29.0 Å². The smallest absolute Gasteiger partial charge is 0.243 e. The van der Waals surface area contributed by atoms with Gasteiger partial charge in [0, 0.05) is 31.9 Å². The Morgan fingerprint density at radius 3 is 2.83 bits per heavy atom. The SMILES string of the molecule is O=C1Cc2cc(S(=O)(=O)N3CCCN(c4ccc5nncn5n4)CC3)ccc2N1. The number of carbonyl (C=O) groups is 1. The van der Waals surface area contributed by atoms with E-state index >= 15 is 0 Å². The molecule has 1 amide bonds. The molecule has 1 saturated heterocycles. The van der Waals surface area contributed by atoms with E-state index in [1.165, 1.54) is 4.31 Å². The second-order valence-electron chi connectivity index (χ2n) is 7.11. The Hall–Kier alpha value is -3.05. The van der Waals surface area contributed by atoms with Gasteiger partial charge in [0.25, 0.3) is 0 Å². The molecule has 150 valence electrons. The van der Waals surface area contributed by atoms with Gasteiger partial charge in [-0.1, -0.05) is 0 Å². The van der Waals surface area contributed by atoms with Gasteiger partial charge in [0.05, 0.1) is 11.3 Å². The zero-order chi connectivity index (χ0) is 20.0. The fourth-order valence-corrected chi connectivity index (χ4v) is 5.29. The summed E-state index contributed by atoms with van der Waals surface area (Å²) < 4.78 is 29.5. The number of hydrogen-bond donors (Lipinski definition) is 1. The van der Waals surface area contributed by atoms with Crippen LogP contribution in [0.1, 0.15) is 12.0 Å². The predicted octanol–water partition coefficient (Wildman–Crippen LogP) is 0.520. The molecule has 11 heteroatoms. The molecule has 1 fully saturated rings. The van der Waals surface area contributed by atoms with E-state index in [2.05, 4.69) is 25.5 Å². The normalized spacial score (nSPS) is 17.9. The predicted molar refractivity (Wildman–Crippen MR) is 105 cm³/mol. The molecule has 29 heavy (non-hydrogen) atoms. The van der Waals surface area contributed by atoms with Crippen molar-refractivity contribution in [3.8, 4) is 0 Å². The summed E-state index contributed by atoms with van der Waals surface area (Å²) in [5, 5.41) is 15.0. The summed E-state index contributed by atoms with van der Waals surface area (Å²) in [6.07, 6.45) is 2.44. The van der Waals surface area contributed by atoms with Crippen molar-refractivity contribution in [2.75, 3.05) is 36.4 Å². The van der Waals surface area contributed by atoms with Crippen molar-refractivity contribution in [2.24, 2.45) is 0 Å². The summed E-state index contributed by atoms with van der Waals surface area (Å²) in [4.78, 5) is 13.8. The molecule has 10 nitrogen and oxygen atoms in total. The average molecular weight is 413 g/mol. The van der Waals surface area contributed by atoms with Gasteiger partial charge in [0.2, 0.25) is 15.9 Å². The lowest BCUT2D eigenvalue weighted by Crippen LogP contribution is -2.35. The second-order valence-corrected chi connectivity index (χ2v) is 9.05. The molecular weight excluding hydrogens is 394 g/mol. The van der Waals surface area contributed by atoms with E-state index in [-0.39, 0.29) is 17.2 Å².